The number of carbonyl (C=O) groups is 1. The zero-order valence-corrected chi connectivity index (χ0v) is 15.5. The summed E-state index contributed by atoms with van der Waals surface area (Å²) in [5, 5.41) is 6.07. The summed E-state index contributed by atoms with van der Waals surface area (Å²) < 4.78 is 0. The first-order valence-corrected chi connectivity index (χ1v) is 9.26. The van der Waals surface area contributed by atoms with E-state index in [4.69, 9.17) is 35.4 Å². The van der Waals surface area contributed by atoms with Crippen LogP contribution in [0.3, 0.4) is 0 Å². The van der Waals surface area contributed by atoms with Gasteiger partial charge in [0.25, 0.3) is 5.91 Å². The van der Waals surface area contributed by atoms with E-state index in [2.05, 4.69) is 10.7 Å². The van der Waals surface area contributed by atoms with Gasteiger partial charge < -0.3 is 5.32 Å². The molecular formula is C16H13Cl2N3OS2. The molecule has 0 spiro atoms. The number of hydrazine groups is 1. The molecule has 1 heterocycles. The van der Waals surface area contributed by atoms with Gasteiger partial charge in [-0.1, -0.05) is 35.3 Å². The number of rotatable bonds is 3. The summed E-state index contributed by atoms with van der Waals surface area (Å²) in [5.41, 5.74) is 4.75. The highest BCUT2D eigenvalue weighted by Crippen LogP contribution is 2.37. The van der Waals surface area contributed by atoms with E-state index in [0.29, 0.717) is 20.9 Å². The molecule has 1 aliphatic rings. The molecule has 2 aromatic carbocycles. The van der Waals surface area contributed by atoms with E-state index in [1.807, 2.05) is 36.4 Å². The van der Waals surface area contributed by atoms with Gasteiger partial charge in [-0.05, 0) is 54.2 Å². The quantitative estimate of drug-likeness (QED) is 0.747. The van der Waals surface area contributed by atoms with Gasteiger partial charge in [0.05, 0.1) is 5.75 Å². The molecule has 1 saturated heterocycles. The molecule has 0 unspecified atom stereocenters. The molecule has 8 heteroatoms. The number of benzene rings is 2. The summed E-state index contributed by atoms with van der Waals surface area (Å²) >= 11 is 18.6. The maximum atomic E-state index is 12.2. The van der Waals surface area contributed by atoms with Gasteiger partial charge in [0.2, 0.25) is 0 Å². The average Bonchev–Trinajstić information content (AvgIpc) is 2.91. The molecule has 2 aromatic rings. The molecule has 1 amide bonds. The van der Waals surface area contributed by atoms with E-state index in [-0.39, 0.29) is 11.3 Å². The van der Waals surface area contributed by atoms with E-state index < -0.39 is 0 Å². The molecule has 1 atom stereocenters. The Morgan fingerprint density at radius 2 is 1.67 bits per heavy atom. The van der Waals surface area contributed by atoms with Crippen molar-refractivity contribution in [2.24, 2.45) is 0 Å². The summed E-state index contributed by atoms with van der Waals surface area (Å²) in [4.78, 5) is 12.2. The lowest BCUT2D eigenvalue weighted by Crippen LogP contribution is -2.46. The van der Waals surface area contributed by atoms with Gasteiger partial charge in [0.15, 0.2) is 5.11 Å². The van der Waals surface area contributed by atoms with E-state index in [1.165, 1.54) is 11.8 Å². The molecule has 1 fully saturated rings. The van der Waals surface area contributed by atoms with Gasteiger partial charge in [0, 0.05) is 15.7 Å². The third kappa shape index (κ3) is 4.13. The third-order valence-corrected chi connectivity index (χ3v) is 5.26. The minimum absolute atomic E-state index is 0.0276. The second-order valence-corrected chi connectivity index (χ2v) is 7.40. The number of hydrogen-bond donors (Lipinski definition) is 2. The molecule has 24 heavy (non-hydrogen) atoms. The van der Waals surface area contributed by atoms with Crippen LogP contribution in [0.4, 0.5) is 5.69 Å². The van der Waals surface area contributed by atoms with Crippen molar-refractivity contribution < 1.29 is 4.79 Å². The lowest BCUT2D eigenvalue weighted by atomic mass is 10.2. The number of nitrogens with zero attached hydrogens (tertiary/aromatic N) is 1. The molecule has 0 bridgehead atoms. The van der Waals surface area contributed by atoms with Crippen LogP contribution in [-0.2, 0) is 4.79 Å². The maximum absolute atomic E-state index is 12.2. The monoisotopic (exact) mass is 397 g/mol. The van der Waals surface area contributed by atoms with Gasteiger partial charge >= 0.3 is 0 Å². The van der Waals surface area contributed by atoms with Crippen LogP contribution in [-0.4, -0.2) is 21.8 Å². The fourth-order valence-corrected chi connectivity index (χ4v) is 3.80. The second-order valence-electron chi connectivity index (χ2n) is 5.05. The van der Waals surface area contributed by atoms with Crippen molar-refractivity contribution in [2.45, 2.75) is 5.37 Å². The molecular weight excluding hydrogens is 385 g/mol. The van der Waals surface area contributed by atoms with Crippen LogP contribution in [0.25, 0.3) is 0 Å². The SMILES string of the molecule is O=C1CS[C@@H](c2ccc(Cl)cc2)N1NC(=S)Nc1ccc(Cl)cc1. The number of amides is 1. The van der Waals surface area contributed by atoms with Crippen molar-refractivity contribution >= 4 is 63.9 Å². The number of thiocarbonyl (C=S) groups is 1. The minimum atomic E-state index is -0.153. The average molecular weight is 398 g/mol. The lowest BCUT2D eigenvalue weighted by Gasteiger charge is -2.26. The summed E-state index contributed by atoms with van der Waals surface area (Å²) in [5.74, 6) is 0.365. The molecule has 0 saturated carbocycles. The largest absolute Gasteiger partial charge is 0.331 e. The molecule has 3 rings (SSSR count). The van der Waals surface area contributed by atoms with Crippen molar-refractivity contribution in [2.75, 3.05) is 11.1 Å². The number of halogens is 2. The highest BCUT2D eigenvalue weighted by atomic mass is 35.5. The summed E-state index contributed by atoms with van der Waals surface area (Å²) in [7, 11) is 0. The molecule has 124 valence electrons. The van der Waals surface area contributed by atoms with Crippen molar-refractivity contribution in [1.82, 2.24) is 10.4 Å². The molecule has 4 nitrogen and oxygen atoms in total. The molecule has 1 aliphatic heterocycles. The van der Waals surface area contributed by atoms with Crippen LogP contribution < -0.4 is 10.7 Å². The predicted molar refractivity (Wildman–Crippen MR) is 104 cm³/mol. The molecule has 0 radical (unpaired) electrons. The fraction of sp³-hybridized carbons (Fsp3) is 0.125. The smallest absolute Gasteiger partial charge is 0.252 e. The van der Waals surface area contributed by atoms with Crippen LogP contribution in [0.5, 0.6) is 0 Å². The lowest BCUT2D eigenvalue weighted by molar-refractivity contribution is -0.129. The minimum Gasteiger partial charge on any atom is -0.331 e. The number of anilines is 1. The second kappa shape index (κ2) is 7.61. The Bertz CT molecular complexity index is 753. The Hall–Kier alpha value is -1.47. The Kier molecular flexibility index (Phi) is 5.50. The molecule has 2 N–H and O–H groups in total. The Morgan fingerprint density at radius 3 is 2.29 bits per heavy atom. The fourth-order valence-electron chi connectivity index (χ4n) is 2.22. The summed E-state index contributed by atoms with van der Waals surface area (Å²) in [6, 6.07) is 14.6. The van der Waals surface area contributed by atoms with Gasteiger partial charge in [-0.25, -0.2) is 5.01 Å². The van der Waals surface area contributed by atoms with Gasteiger partial charge in [-0.2, -0.15) is 0 Å². The number of thioether (sulfide) groups is 1. The first-order valence-electron chi connectivity index (χ1n) is 7.05. The van der Waals surface area contributed by atoms with Crippen LogP contribution >= 0.6 is 47.2 Å². The van der Waals surface area contributed by atoms with Gasteiger partial charge in [-0.3, -0.25) is 10.2 Å². The summed E-state index contributed by atoms with van der Waals surface area (Å²) in [6.07, 6.45) is 0. The molecule has 0 aromatic heterocycles. The summed E-state index contributed by atoms with van der Waals surface area (Å²) in [6.45, 7) is 0. The Balaban J connectivity index is 1.69. The van der Waals surface area contributed by atoms with E-state index in [1.54, 1.807) is 17.1 Å². The van der Waals surface area contributed by atoms with E-state index in [0.717, 1.165) is 11.3 Å². The van der Waals surface area contributed by atoms with Crippen LogP contribution in [0.15, 0.2) is 48.5 Å². The predicted octanol–water partition coefficient (Wildman–Crippen LogP) is 4.47. The number of hydrogen-bond acceptors (Lipinski definition) is 3. The first kappa shape index (κ1) is 17.4. The van der Waals surface area contributed by atoms with Crippen molar-refractivity contribution in [3.63, 3.8) is 0 Å². The topological polar surface area (TPSA) is 44.4 Å². The third-order valence-electron chi connectivity index (χ3n) is 3.35. The van der Waals surface area contributed by atoms with Gasteiger partial charge in [-0.15, -0.1) is 11.8 Å². The highest BCUT2D eigenvalue weighted by molar-refractivity contribution is 8.00. The van der Waals surface area contributed by atoms with Crippen LogP contribution in [0.2, 0.25) is 10.0 Å². The van der Waals surface area contributed by atoms with Gasteiger partial charge in [0.1, 0.15) is 5.37 Å². The maximum Gasteiger partial charge on any atom is 0.252 e. The number of carbonyl (C=O) groups excluding carboxylic acids is 1. The number of nitrogens with one attached hydrogen (secondary N) is 2. The zero-order chi connectivity index (χ0) is 17.1. The molecule has 0 aliphatic carbocycles. The standard InChI is InChI=1S/C16H13Cl2N3OS2/c17-11-3-1-10(2-4-11)15-21(14(22)9-24-15)20-16(23)19-13-7-5-12(18)6-8-13/h1-8,15H,9H2,(H2,19,20,23)/t15-/m0/s1. The Labute approximate surface area is 159 Å². The highest BCUT2D eigenvalue weighted by Gasteiger charge is 2.33. The zero-order valence-electron chi connectivity index (χ0n) is 12.3. The Morgan fingerprint density at radius 1 is 1.08 bits per heavy atom. The normalized spacial score (nSPS) is 17.0. The van der Waals surface area contributed by atoms with E-state index in [9.17, 15) is 4.79 Å². The van der Waals surface area contributed by atoms with Crippen molar-refractivity contribution in [1.29, 1.82) is 0 Å². The van der Waals surface area contributed by atoms with Crippen LogP contribution in [0, 0.1) is 0 Å². The van der Waals surface area contributed by atoms with Crippen LogP contribution in [0.1, 0.15) is 10.9 Å². The first-order chi connectivity index (χ1) is 11.5. The van der Waals surface area contributed by atoms with E-state index >= 15 is 0 Å². The van der Waals surface area contributed by atoms with Crippen molar-refractivity contribution in [3.05, 3.63) is 64.1 Å². The van der Waals surface area contributed by atoms with Crippen molar-refractivity contribution in [3.8, 4) is 0 Å².